The third-order valence-corrected chi connectivity index (χ3v) is 5.26. The van der Waals surface area contributed by atoms with E-state index in [-0.39, 0.29) is 11.9 Å². The summed E-state index contributed by atoms with van der Waals surface area (Å²) in [5, 5.41) is 7.06. The maximum Gasteiger partial charge on any atom is 0.322 e. The fourth-order valence-corrected chi connectivity index (χ4v) is 3.60. The summed E-state index contributed by atoms with van der Waals surface area (Å²) in [6, 6.07) is 13.0. The van der Waals surface area contributed by atoms with Crippen LogP contribution in [0.15, 0.2) is 58.8 Å². The standard InChI is InChI=1S/C23H23FN4O3/c1-14-7-9-16(10-8-14)21-26-22(31-27-21)19-15(2)28(11-12-30-3)23(29)25-20(19)17-5-4-6-18(24)13-17/h4-10,13,20H,11-12H2,1-3H3,(H,25,29). The van der Waals surface area contributed by atoms with Gasteiger partial charge in [0, 0.05) is 18.4 Å². The number of ether oxygens (including phenoxy) is 1. The lowest BCUT2D eigenvalue weighted by Gasteiger charge is -2.35. The number of benzene rings is 2. The van der Waals surface area contributed by atoms with Crippen LogP contribution in [0.3, 0.4) is 0 Å². The van der Waals surface area contributed by atoms with Crippen LogP contribution in [0.4, 0.5) is 9.18 Å². The number of urea groups is 1. The molecule has 2 aromatic carbocycles. The van der Waals surface area contributed by atoms with E-state index in [1.54, 1.807) is 24.1 Å². The maximum absolute atomic E-state index is 13.9. The van der Waals surface area contributed by atoms with Gasteiger partial charge in [0.25, 0.3) is 5.89 Å². The predicted molar refractivity (Wildman–Crippen MR) is 113 cm³/mol. The topological polar surface area (TPSA) is 80.5 Å². The molecule has 160 valence electrons. The molecule has 0 fully saturated rings. The molecule has 0 saturated carbocycles. The number of rotatable bonds is 6. The Morgan fingerprint density at radius 2 is 1.97 bits per heavy atom. The molecule has 1 aliphatic rings. The van der Waals surface area contributed by atoms with Gasteiger partial charge in [0.15, 0.2) is 0 Å². The van der Waals surface area contributed by atoms with Crippen molar-refractivity contribution < 1.29 is 18.4 Å². The van der Waals surface area contributed by atoms with Gasteiger partial charge in [0.1, 0.15) is 5.82 Å². The number of nitrogens with one attached hydrogen (secondary N) is 1. The van der Waals surface area contributed by atoms with Gasteiger partial charge >= 0.3 is 6.03 Å². The van der Waals surface area contributed by atoms with Crippen molar-refractivity contribution >= 4 is 11.6 Å². The van der Waals surface area contributed by atoms with E-state index >= 15 is 0 Å². The van der Waals surface area contributed by atoms with E-state index < -0.39 is 11.9 Å². The quantitative estimate of drug-likeness (QED) is 0.640. The van der Waals surface area contributed by atoms with Crippen LogP contribution < -0.4 is 5.32 Å². The number of aryl methyl sites for hydroxylation is 1. The minimum atomic E-state index is -0.631. The predicted octanol–water partition coefficient (Wildman–Crippen LogP) is 4.33. The lowest BCUT2D eigenvalue weighted by molar-refractivity contribution is 0.158. The maximum atomic E-state index is 13.9. The Labute approximate surface area is 179 Å². The molecular formula is C23H23FN4O3. The number of aromatic nitrogens is 2. The largest absolute Gasteiger partial charge is 0.383 e. The zero-order valence-electron chi connectivity index (χ0n) is 17.6. The van der Waals surface area contributed by atoms with Crippen LogP contribution in [0.5, 0.6) is 0 Å². The Bertz CT molecular complexity index is 1120. The normalized spacial score (nSPS) is 16.6. The number of allylic oxidation sites excluding steroid dienone is 1. The molecule has 8 heteroatoms. The van der Waals surface area contributed by atoms with Crippen molar-refractivity contribution in [2.24, 2.45) is 0 Å². The van der Waals surface area contributed by atoms with Gasteiger partial charge in [-0.2, -0.15) is 4.98 Å². The van der Waals surface area contributed by atoms with Gasteiger partial charge in [-0.15, -0.1) is 0 Å². The van der Waals surface area contributed by atoms with Crippen molar-refractivity contribution in [2.75, 3.05) is 20.3 Å². The Morgan fingerprint density at radius 3 is 2.68 bits per heavy atom. The molecule has 0 spiro atoms. The SMILES string of the molecule is COCCN1C(=O)NC(c2cccc(F)c2)C(c2nc(-c3ccc(C)cc3)no2)=C1C. The minimum absolute atomic E-state index is 0.268. The highest BCUT2D eigenvalue weighted by atomic mass is 19.1. The zero-order chi connectivity index (χ0) is 22.0. The first-order valence-corrected chi connectivity index (χ1v) is 9.92. The Balaban J connectivity index is 1.80. The molecule has 2 amide bonds. The van der Waals surface area contributed by atoms with Gasteiger partial charge in [0.05, 0.1) is 24.8 Å². The van der Waals surface area contributed by atoms with E-state index in [1.807, 2.05) is 38.1 Å². The molecule has 1 aromatic heterocycles. The van der Waals surface area contributed by atoms with Crippen molar-refractivity contribution in [2.45, 2.75) is 19.9 Å². The molecule has 0 aliphatic carbocycles. The van der Waals surface area contributed by atoms with Crippen LogP contribution in [0.1, 0.15) is 30.0 Å². The molecule has 0 saturated heterocycles. The van der Waals surface area contributed by atoms with E-state index in [0.29, 0.717) is 35.8 Å². The van der Waals surface area contributed by atoms with Crippen LogP contribution in [0.25, 0.3) is 17.0 Å². The first-order chi connectivity index (χ1) is 15.0. The molecule has 31 heavy (non-hydrogen) atoms. The zero-order valence-corrected chi connectivity index (χ0v) is 17.6. The molecule has 2 heterocycles. The van der Waals surface area contributed by atoms with Crippen LogP contribution in [0.2, 0.25) is 0 Å². The number of nitrogens with zero attached hydrogens (tertiary/aromatic N) is 3. The molecule has 4 rings (SSSR count). The molecule has 1 aliphatic heterocycles. The highest BCUT2D eigenvalue weighted by Gasteiger charge is 2.35. The second-order valence-electron chi connectivity index (χ2n) is 7.37. The van der Waals surface area contributed by atoms with Gasteiger partial charge < -0.3 is 14.6 Å². The fourth-order valence-electron chi connectivity index (χ4n) is 3.60. The summed E-state index contributed by atoms with van der Waals surface area (Å²) in [7, 11) is 1.57. The smallest absolute Gasteiger partial charge is 0.322 e. The Morgan fingerprint density at radius 1 is 1.19 bits per heavy atom. The molecule has 3 aromatic rings. The molecule has 0 radical (unpaired) electrons. The van der Waals surface area contributed by atoms with Crippen LogP contribution in [-0.2, 0) is 4.74 Å². The third kappa shape index (κ3) is 4.20. The highest BCUT2D eigenvalue weighted by Crippen LogP contribution is 2.37. The van der Waals surface area contributed by atoms with Crippen LogP contribution in [0, 0.1) is 12.7 Å². The molecule has 7 nitrogen and oxygen atoms in total. The summed E-state index contributed by atoms with van der Waals surface area (Å²) in [6.45, 7) is 4.53. The summed E-state index contributed by atoms with van der Waals surface area (Å²) in [5.74, 6) is 0.315. The van der Waals surface area contributed by atoms with Crippen LogP contribution >= 0.6 is 0 Å². The summed E-state index contributed by atoms with van der Waals surface area (Å²) >= 11 is 0. The molecule has 1 atom stereocenters. The summed E-state index contributed by atoms with van der Waals surface area (Å²) in [5.41, 5.74) is 3.80. The van der Waals surface area contributed by atoms with Crippen molar-refractivity contribution in [3.8, 4) is 11.4 Å². The van der Waals surface area contributed by atoms with Gasteiger partial charge in [-0.25, -0.2) is 9.18 Å². The van der Waals surface area contributed by atoms with Gasteiger partial charge in [-0.1, -0.05) is 47.1 Å². The minimum Gasteiger partial charge on any atom is -0.383 e. The lowest BCUT2D eigenvalue weighted by Crippen LogP contribution is -2.47. The second-order valence-corrected chi connectivity index (χ2v) is 7.37. The first kappa shape index (κ1) is 20.7. The van der Waals surface area contributed by atoms with Crippen molar-refractivity contribution in [1.29, 1.82) is 0 Å². The average molecular weight is 422 g/mol. The van der Waals surface area contributed by atoms with E-state index in [2.05, 4.69) is 15.5 Å². The number of amides is 2. The van der Waals surface area contributed by atoms with E-state index in [9.17, 15) is 9.18 Å². The highest BCUT2D eigenvalue weighted by molar-refractivity contribution is 5.86. The van der Waals surface area contributed by atoms with E-state index in [1.165, 1.54) is 12.1 Å². The Kier molecular flexibility index (Phi) is 5.81. The van der Waals surface area contributed by atoms with Gasteiger partial charge in [0.2, 0.25) is 5.82 Å². The number of halogens is 1. The van der Waals surface area contributed by atoms with Gasteiger partial charge in [-0.3, -0.25) is 4.90 Å². The van der Waals surface area contributed by atoms with Crippen LogP contribution in [-0.4, -0.2) is 41.3 Å². The summed E-state index contributed by atoms with van der Waals surface area (Å²) in [6.07, 6.45) is 0. The monoisotopic (exact) mass is 422 g/mol. The van der Waals surface area contributed by atoms with Crippen molar-refractivity contribution in [3.63, 3.8) is 0 Å². The second kappa shape index (κ2) is 8.69. The molecule has 0 bridgehead atoms. The number of methoxy groups -OCH3 is 1. The fraction of sp³-hybridized carbons (Fsp3) is 0.261. The number of carbonyl (C=O) groups excluding carboxylic acids is 1. The molecule has 1 unspecified atom stereocenters. The first-order valence-electron chi connectivity index (χ1n) is 9.92. The summed E-state index contributed by atoms with van der Waals surface area (Å²) in [4.78, 5) is 18.9. The number of carbonyl (C=O) groups is 1. The summed E-state index contributed by atoms with van der Waals surface area (Å²) < 4.78 is 24.7. The number of hydrogen-bond donors (Lipinski definition) is 1. The average Bonchev–Trinajstić information content (AvgIpc) is 3.23. The van der Waals surface area contributed by atoms with Crippen molar-refractivity contribution in [1.82, 2.24) is 20.4 Å². The van der Waals surface area contributed by atoms with E-state index in [4.69, 9.17) is 9.26 Å². The molecular weight excluding hydrogens is 399 g/mol. The van der Waals surface area contributed by atoms with E-state index in [0.717, 1.165) is 11.1 Å². The third-order valence-electron chi connectivity index (χ3n) is 5.26. The Hall–Kier alpha value is -3.52. The van der Waals surface area contributed by atoms with Crippen molar-refractivity contribution in [3.05, 3.63) is 77.1 Å². The van der Waals surface area contributed by atoms with Gasteiger partial charge in [-0.05, 0) is 31.5 Å². The number of hydrogen-bond acceptors (Lipinski definition) is 5. The molecule has 1 N–H and O–H groups in total. The lowest BCUT2D eigenvalue weighted by atomic mass is 9.94.